The number of pyridine rings is 1. The van der Waals surface area contributed by atoms with Gasteiger partial charge >= 0.3 is 0 Å². The van der Waals surface area contributed by atoms with E-state index in [2.05, 4.69) is 15.4 Å². The SMILES string of the molecule is Cn1cc(NCc2cc(=O)n3ccccc3n2)cn1. The van der Waals surface area contributed by atoms with Gasteiger partial charge in [0.05, 0.1) is 24.1 Å². The highest BCUT2D eigenvalue weighted by Gasteiger charge is 2.02. The van der Waals surface area contributed by atoms with E-state index in [4.69, 9.17) is 0 Å². The zero-order valence-corrected chi connectivity index (χ0v) is 10.4. The van der Waals surface area contributed by atoms with Crippen LogP contribution in [0.3, 0.4) is 0 Å². The van der Waals surface area contributed by atoms with Crippen molar-refractivity contribution in [2.75, 3.05) is 5.32 Å². The van der Waals surface area contributed by atoms with Crippen LogP contribution in [0.25, 0.3) is 5.65 Å². The molecule has 0 aromatic carbocycles. The molecule has 0 aliphatic heterocycles. The van der Waals surface area contributed by atoms with Crippen LogP contribution in [-0.2, 0) is 13.6 Å². The molecule has 0 bridgehead atoms. The third-order valence-corrected chi connectivity index (χ3v) is 2.80. The maximum Gasteiger partial charge on any atom is 0.258 e. The molecule has 0 aliphatic rings. The van der Waals surface area contributed by atoms with Crippen LogP contribution < -0.4 is 10.9 Å². The molecule has 3 aromatic heterocycles. The van der Waals surface area contributed by atoms with Crippen LogP contribution in [0.5, 0.6) is 0 Å². The number of anilines is 1. The fraction of sp³-hybridized carbons (Fsp3) is 0.154. The van der Waals surface area contributed by atoms with Gasteiger partial charge in [0.1, 0.15) is 5.65 Å². The van der Waals surface area contributed by atoms with Gasteiger partial charge in [0, 0.05) is 25.5 Å². The van der Waals surface area contributed by atoms with Crippen molar-refractivity contribution in [2.45, 2.75) is 6.54 Å². The van der Waals surface area contributed by atoms with Crippen molar-refractivity contribution in [1.29, 1.82) is 0 Å². The number of hydrogen-bond donors (Lipinski definition) is 1. The van der Waals surface area contributed by atoms with Gasteiger partial charge in [0.25, 0.3) is 5.56 Å². The molecular weight excluding hydrogens is 242 g/mol. The largest absolute Gasteiger partial charge is 0.377 e. The van der Waals surface area contributed by atoms with E-state index in [0.29, 0.717) is 17.9 Å². The summed E-state index contributed by atoms with van der Waals surface area (Å²) >= 11 is 0. The predicted molar refractivity (Wildman–Crippen MR) is 72.0 cm³/mol. The lowest BCUT2D eigenvalue weighted by molar-refractivity contribution is 0.768. The Labute approximate surface area is 109 Å². The Morgan fingerprint density at radius 3 is 3.05 bits per heavy atom. The molecule has 3 rings (SSSR count). The molecule has 0 saturated carbocycles. The van der Waals surface area contributed by atoms with E-state index >= 15 is 0 Å². The summed E-state index contributed by atoms with van der Waals surface area (Å²) in [6.07, 6.45) is 5.31. The minimum absolute atomic E-state index is 0.0754. The predicted octanol–water partition coefficient (Wildman–Crippen LogP) is 1.04. The Kier molecular flexibility index (Phi) is 2.75. The van der Waals surface area contributed by atoms with E-state index < -0.39 is 0 Å². The first-order valence-corrected chi connectivity index (χ1v) is 5.92. The smallest absolute Gasteiger partial charge is 0.258 e. The first-order valence-electron chi connectivity index (χ1n) is 5.92. The number of hydrogen-bond acceptors (Lipinski definition) is 4. The average molecular weight is 255 g/mol. The Hall–Kier alpha value is -2.63. The lowest BCUT2D eigenvalue weighted by Gasteiger charge is -2.05. The first-order chi connectivity index (χ1) is 9.22. The van der Waals surface area contributed by atoms with Crippen LogP contribution in [0.1, 0.15) is 5.69 Å². The summed E-state index contributed by atoms with van der Waals surface area (Å²) in [6.45, 7) is 0.492. The molecule has 19 heavy (non-hydrogen) atoms. The number of nitrogens with one attached hydrogen (secondary N) is 1. The molecule has 0 amide bonds. The quantitative estimate of drug-likeness (QED) is 0.759. The summed E-state index contributed by atoms with van der Waals surface area (Å²) in [7, 11) is 1.85. The van der Waals surface area contributed by atoms with Crippen LogP contribution >= 0.6 is 0 Å². The average Bonchev–Trinajstić information content (AvgIpc) is 2.82. The highest BCUT2D eigenvalue weighted by Crippen LogP contribution is 2.06. The van der Waals surface area contributed by atoms with E-state index in [1.54, 1.807) is 17.1 Å². The van der Waals surface area contributed by atoms with Crippen LogP contribution in [0, 0.1) is 0 Å². The van der Waals surface area contributed by atoms with Crippen molar-refractivity contribution < 1.29 is 0 Å². The lowest BCUT2D eigenvalue weighted by Crippen LogP contribution is -2.16. The van der Waals surface area contributed by atoms with Gasteiger partial charge in [0.2, 0.25) is 0 Å². The van der Waals surface area contributed by atoms with Crippen molar-refractivity contribution in [3.05, 3.63) is 58.9 Å². The summed E-state index contributed by atoms with van der Waals surface area (Å²) < 4.78 is 3.23. The van der Waals surface area contributed by atoms with E-state index in [-0.39, 0.29) is 5.56 Å². The maximum absolute atomic E-state index is 11.9. The van der Waals surface area contributed by atoms with Crippen LogP contribution in [0.4, 0.5) is 5.69 Å². The Morgan fingerprint density at radius 2 is 2.26 bits per heavy atom. The minimum Gasteiger partial charge on any atom is -0.377 e. The van der Waals surface area contributed by atoms with Crippen molar-refractivity contribution in [3.8, 4) is 0 Å². The third-order valence-electron chi connectivity index (χ3n) is 2.80. The van der Waals surface area contributed by atoms with Crippen LogP contribution in [0.2, 0.25) is 0 Å². The number of aromatic nitrogens is 4. The van der Waals surface area contributed by atoms with Gasteiger partial charge < -0.3 is 5.32 Å². The highest BCUT2D eigenvalue weighted by molar-refractivity contribution is 5.41. The molecule has 6 heteroatoms. The van der Waals surface area contributed by atoms with Crippen LogP contribution in [-0.4, -0.2) is 19.2 Å². The second-order valence-electron chi connectivity index (χ2n) is 4.27. The molecule has 0 radical (unpaired) electrons. The molecule has 1 N–H and O–H groups in total. The molecule has 3 heterocycles. The molecule has 0 spiro atoms. The topological polar surface area (TPSA) is 64.2 Å². The van der Waals surface area contributed by atoms with Gasteiger partial charge in [-0.1, -0.05) is 6.07 Å². The summed E-state index contributed by atoms with van der Waals surface area (Å²) in [5.41, 5.74) is 2.18. The van der Waals surface area contributed by atoms with Crippen molar-refractivity contribution >= 4 is 11.3 Å². The number of aryl methyl sites for hydroxylation is 1. The second kappa shape index (κ2) is 4.56. The maximum atomic E-state index is 11.9. The molecule has 0 fully saturated rings. The van der Waals surface area contributed by atoms with E-state index in [1.165, 1.54) is 10.5 Å². The van der Waals surface area contributed by atoms with Crippen molar-refractivity contribution in [2.24, 2.45) is 7.05 Å². The minimum atomic E-state index is -0.0754. The molecule has 0 aliphatic carbocycles. The summed E-state index contributed by atoms with van der Waals surface area (Å²) in [6, 6.07) is 7.02. The number of nitrogens with zero attached hydrogens (tertiary/aromatic N) is 4. The third kappa shape index (κ3) is 2.33. The molecular formula is C13H13N5O. The zero-order chi connectivity index (χ0) is 13.2. The van der Waals surface area contributed by atoms with Gasteiger partial charge in [-0.3, -0.25) is 13.9 Å². The van der Waals surface area contributed by atoms with Gasteiger partial charge in [0.15, 0.2) is 0 Å². The first kappa shape index (κ1) is 11.5. The number of fused-ring (bicyclic) bond motifs is 1. The Bertz CT molecular complexity index is 774. The van der Waals surface area contributed by atoms with Gasteiger partial charge in [-0.25, -0.2) is 4.98 Å². The number of rotatable bonds is 3. The van der Waals surface area contributed by atoms with Gasteiger partial charge in [-0.15, -0.1) is 0 Å². The fourth-order valence-corrected chi connectivity index (χ4v) is 1.90. The summed E-state index contributed by atoms with van der Waals surface area (Å²) in [5.74, 6) is 0. The molecule has 96 valence electrons. The summed E-state index contributed by atoms with van der Waals surface area (Å²) in [5, 5.41) is 7.24. The molecule has 0 atom stereocenters. The van der Waals surface area contributed by atoms with E-state index in [9.17, 15) is 4.79 Å². The fourth-order valence-electron chi connectivity index (χ4n) is 1.90. The van der Waals surface area contributed by atoms with E-state index in [0.717, 1.165) is 5.69 Å². The normalized spacial score (nSPS) is 10.8. The molecule has 0 unspecified atom stereocenters. The van der Waals surface area contributed by atoms with E-state index in [1.807, 2.05) is 31.4 Å². The molecule has 0 saturated heterocycles. The summed E-state index contributed by atoms with van der Waals surface area (Å²) in [4.78, 5) is 16.3. The zero-order valence-electron chi connectivity index (χ0n) is 10.4. The Morgan fingerprint density at radius 1 is 1.37 bits per heavy atom. The highest BCUT2D eigenvalue weighted by atomic mass is 16.1. The Balaban J connectivity index is 1.87. The lowest BCUT2D eigenvalue weighted by atomic mass is 10.3. The monoisotopic (exact) mass is 255 g/mol. The van der Waals surface area contributed by atoms with Gasteiger partial charge in [-0.05, 0) is 12.1 Å². The molecule has 3 aromatic rings. The van der Waals surface area contributed by atoms with Gasteiger partial charge in [-0.2, -0.15) is 5.10 Å². The second-order valence-corrected chi connectivity index (χ2v) is 4.27. The molecule has 6 nitrogen and oxygen atoms in total. The standard InChI is InChI=1S/C13H13N5O/c1-17-9-11(8-15-17)14-7-10-6-13(19)18-5-3-2-4-12(18)16-10/h2-6,8-9,14H,7H2,1H3. The van der Waals surface area contributed by atoms with Crippen molar-refractivity contribution in [3.63, 3.8) is 0 Å². The van der Waals surface area contributed by atoms with Crippen LogP contribution in [0.15, 0.2) is 47.7 Å². The van der Waals surface area contributed by atoms with Crippen molar-refractivity contribution in [1.82, 2.24) is 19.2 Å².